The largest absolute Gasteiger partial charge is 0.454 e. The number of benzene rings is 1. The summed E-state index contributed by atoms with van der Waals surface area (Å²) in [5, 5.41) is 3.88. The molecular weight excluding hydrogens is 290 g/mol. The first-order valence-corrected chi connectivity index (χ1v) is 7.19. The van der Waals surface area contributed by atoms with Crippen LogP contribution in [0, 0.1) is 0 Å². The van der Waals surface area contributed by atoms with Crippen LogP contribution >= 0.6 is 11.3 Å². The molecule has 4 rings (SSSR count). The van der Waals surface area contributed by atoms with E-state index in [1.165, 1.54) is 0 Å². The van der Waals surface area contributed by atoms with Gasteiger partial charge in [-0.25, -0.2) is 9.79 Å². The molecule has 2 aromatic rings. The lowest BCUT2D eigenvalue weighted by molar-refractivity contribution is -0.129. The van der Waals surface area contributed by atoms with E-state index in [4.69, 9.17) is 14.2 Å². The average Bonchev–Trinajstić information content (AvgIpc) is 3.20. The van der Waals surface area contributed by atoms with E-state index < -0.39 is 5.97 Å². The van der Waals surface area contributed by atoms with Crippen molar-refractivity contribution in [3.05, 3.63) is 51.8 Å². The van der Waals surface area contributed by atoms with Gasteiger partial charge in [0.25, 0.3) is 0 Å². The molecule has 0 spiro atoms. The van der Waals surface area contributed by atoms with Crippen LogP contribution in [-0.2, 0) is 9.53 Å². The number of nitrogens with zero attached hydrogens (tertiary/aromatic N) is 1. The van der Waals surface area contributed by atoms with Gasteiger partial charge < -0.3 is 14.2 Å². The van der Waals surface area contributed by atoms with Crippen LogP contribution in [0.1, 0.15) is 11.1 Å². The molecule has 3 heterocycles. The summed E-state index contributed by atoms with van der Waals surface area (Å²) in [7, 11) is 0. The zero-order chi connectivity index (χ0) is 14.2. The summed E-state index contributed by atoms with van der Waals surface area (Å²) in [4.78, 5) is 16.1. The van der Waals surface area contributed by atoms with Crippen molar-refractivity contribution in [1.82, 2.24) is 0 Å². The highest BCUT2D eigenvalue weighted by atomic mass is 32.1. The lowest BCUT2D eigenvalue weighted by Gasteiger charge is -2.01. The van der Waals surface area contributed by atoms with E-state index in [0.717, 1.165) is 5.56 Å². The molecule has 1 aromatic heterocycles. The van der Waals surface area contributed by atoms with Crippen LogP contribution in [0.5, 0.6) is 11.5 Å². The van der Waals surface area contributed by atoms with Crippen LogP contribution < -0.4 is 9.47 Å². The van der Waals surface area contributed by atoms with Crippen molar-refractivity contribution >= 4 is 29.3 Å². The molecule has 2 aliphatic heterocycles. The Morgan fingerprint density at radius 1 is 1.19 bits per heavy atom. The van der Waals surface area contributed by atoms with Gasteiger partial charge in [0.1, 0.15) is 0 Å². The maximum absolute atomic E-state index is 11.9. The Bertz CT molecular complexity index is 777. The fraction of sp³-hybridized carbons (Fsp3) is 0.0667. The molecule has 2 aliphatic rings. The third-order valence-corrected chi connectivity index (χ3v) is 3.79. The third-order valence-electron chi connectivity index (χ3n) is 3.09. The van der Waals surface area contributed by atoms with Gasteiger partial charge in [0.05, 0.1) is 0 Å². The predicted octanol–water partition coefficient (Wildman–Crippen LogP) is 2.82. The zero-order valence-corrected chi connectivity index (χ0v) is 11.6. The number of hydrogen-bond donors (Lipinski definition) is 0. The second kappa shape index (κ2) is 4.75. The molecule has 0 saturated carbocycles. The van der Waals surface area contributed by atoms with Gasteiger partial charge in [-0.1, -0.05) is 0 Å². The smallest absolute Gasteiger partial charge is 0.363 e. The highest BCUT2D eigenvalue weighted by Crippen LogP contribution is 2.33. The van der Waals surface area contributed by atoms with Crippen molar-refractivity contribution in [3.8, 4) is 11.5 Å². The fourth-order valence-electron chi connectivity index (χ4n) is 2.08. The number of aliphatic imine (C=N–C) groups is 1. The normalized spacial score (nSPS) is 18.0. The van der Waals surface area contributed by atoms with Crippen LogP contribution in [0.2, 0.25) is 0 Å². The number of carbonyl (C=O) groups excluding carboxylic acids is 1. The van der Waals surface area contributed by atoms with Gasteiger partial charge in [-0.3, -0.25) is 0 Å². The first kappa shape index (κ1) is 12.2. The van der Waals surface area contributed by atoms with Crippen LogP contribution in [0.3, 0.4) is 0 Å². The molecule has 0 bridgehead atoms. The van der Waals surface area contributed by atoms with Crippen molar-refractivity contribution in [3.63, 3.8) is 0 Å². The Hall–Kier alpha value is -2.60. The summed E-state index contributed by atoms with van der Waals surface area (Å²) < 4.78 is 15.8. The first-order valence-electron chi connectivity index (χ1n) is 6.24. The first-order chi connectivity index (χ1) is 10.3. The Balaban J connectivity index is 1.68. The summed E-state index contributed by atoms with van der Waals surface area (Å²) in [6.07, 6.45) is 1.71. The molecule has 0 radical (unpaired) electrons. The Morgan fingerprint density at radius 3 is 2.95 bits per heavy atom. The van der Waals surface area contributed by atoms with Crippen molar-refractivity contribution in [2.45, 2.75) is 0 Å². The van der Waals surface area contributed by atoms with Gasteiger partial charge in [0.2, 0.25) is 12.7 Å². The lowest BCUT2D eigenvalue weighted by atomic mass is 10.2. The lowest BCUT2D eigenvalue weighted by Crippen LogP contribution is -2.05. The Kier molecular flexibility index (Phi) is 2.75. The second-order valence-electron chi connectivity index (χ2n) is 4.46. The van der Waals surface area contributed by atoms with E-state index in [1.807, 2.05) is 16.8 Å². The molecule has 21 heavy (non-hydrogen) atoms. The molecule has 0 N–H and O–H groups in total. The van der Waals surface area contributed by atoms with Gasteiger partial charge in [0.15, 0.2) is 17.2 Å². The van der Waals surface area contributed by atoms with E-state index in [0.29, 0.717) is 22.8 Å². The van der Waals surface area contributed by atoms with E-state index in [2.05, 4.69) is 4.99 Å². The summed E-state index contributed by atoms with van der Waals surface area (Å²) in [6, 6.07) is 7.22. The molecule has 0 saturated heterocycles. The third kappa shape index (κ3) is 2.19. The molecule has 6 heteroatoms. The molecular formula is C15H9NO4S. The van der Waals surface area contributed by atoms with E-state index in [9.17, 15) is 4.79 Å². The van der Waals surface area contributed by atoms with Gasteiger partial charge in [-0.05, 0) is 46.7 Å². The Labute approximate surface area is 124 Å². The maximum atomic E-state index is 11.9. The molecule has 5 nitrogen and oxygen atoms in total. The van der Waals surface area contributed by atoms with Crippen molar-refractivity contribution in [2.75, 3.05) is 6.79 Å². The van der Waals surface area contributed by atoms with E-state index in [-0.39, 0.29) is 12.7 Å². The summed E-state index contributed by atoms with van der Waals surface area (Å²) >= 11 is 1.56. The minimum atomic E-state index is -0.450. The molecule has 0 unspecified atom stereocenters. The number of fused-ring (bicyclic) bond motifs is 1. The van der Waals surface area contributed by atoms with Crippen LogP contribution in [0.15, 0.2) is 45.7 Å². The number of ether oxygens (including phenoxy) is 3. The van der Waals surface area contributed by atoms with Crippen molar-refractivity contribution < 1.29 is 19.0 Å². The minimum Gasteiger partial charge on any atom is -0.454 e. The van der Waals surface area contributed by atoms with Gasteiger partial charge in [-0.2, -0.15) is 11.3 Å². The SMILES string of the molecule is O=C1OC(c2ccc3c(c2)OCO3)=N/C1=C\c1ccsc1. The van der Waals surface area contributed by atoms with Crippen molar-refractivity contribution in [2.24, 2.45) is 4.99 Å². The number of cyclic esters (lactones) is 1. The highest BCUT2D eigenvalue weighted by Gasteiger charge is 2.25. The van der Waals surface area contributed by atoms with Gasteiger partial charge in [0, 0.05) is 5.56 Å². The number of hydrogen-bond acceptors (Lipinski definition) is 6. The monoisotopic (exact) mass is 299 g/mol. The van der Waals surface area contributed by atoms with Gasteiger partial charge in [-0.15, -0.1) is 0 Å². The number of thiophene rings is 1. The fourth-order valence-corrected chi connectivity index (χ4v) is 2.70. The summed E-state index contributed by atoms with van der Waals surface area (Å²) in [6.45, 7) is 0.203. The molecule has 0 fully saturated rings. The van der Waals surface area contributed by atoms with Crippen molar-refractivity contribution in [1.29, 1.82) is 0 Å². The zero-order valence-electron chi connectivity index (χ0n) is 10.7. The van der Waals surface area contributed by atoms with Crippen LogP contribution in [0.4, 0.5) is 0 Å². The number of esters is 1. The van der Waals surface area contributed by atoms with E-state index in [1.54, 1.807) is 35.6 Å². The molecule has 0 aliphatic carbocycles. The molecule has 0 amide bonds. The molecule has 1 aromatic carbocycles. The Morgan fingerprint density at radius 2 is 2.10 bits per heavy atom. The average molecular weight is 299 g/mol. The number of rotatable bonds is 2. The topological polar surface area (TPSA) is 57.1 Å². The maximum Gasteiger partial charge on any atom is 0.363 e. The predicted molar refractivity (Wildman–Crippen MR) is 77.5 cm³/mol. The second-order valence-corrected chi connectivity index (χ2v) is 5.24. The summed E-state index contributed by atoms with van der Waals surface area (Å²) in [5.74, 6) is 1.13. The standard InChI is InChI=1S/C15H9NO4S/c17-15-11(5-9-3-4-21-7-9)16-14(20-15)10-1-2-12-13(6-10)19-8-18-12/h1-7H,8H2/b11-5-. The van der Waals surface area contributed by atoms with E-state index >= 15 is 0 Å². The highest BCUT2D eigenvalue weighted by molar-refractivity contribution is 7.08. The van der Waals surface area contributed by atoms with Crippen LogP contribution in [0.25, 0.3) is 6.08 Å². The quantitative estimate of drug-likeness (QED) is 0.632. The van der Waals surface area contributed by atoms with Crippen LogP contribution in [-0.4, -0.2) is 18.7 Å². The number of carbonyl (C=O) groups is 1. The molecule has 104 valence electrons. The minimum absolute atomic E-state index is 0.203. The van der Waals surface area contributed by atoms with Gasteiger partial charge >= 0.3 is 5.97 Å². The summed E-state index contributed by atoms with van der Waals surface area (Å²) in [5.41, 5.74) is 1.91. The molecule has 0 atom stereocenters.